The van der Waals surface area contributed by atoms with Crippen molar-refractivity contribution in [2.24, 2.45) is 0 Å². The monoisotopic (exact) mass is 658 g/mol. The van der Waals surface area contributed by atoms with Crippen LogP contribution in [0.4, 0.5) is 11.4 Å². The van der Waals surface area contributed by atoms with Crippen LogP contribution in [0.25, 0.3) is 0 Å². The fourth-order valence-corrected chi connectivity index (χ4v) is 4.53. The lowest BCUT2D eigenvalue weighted by atomic mass is 10.1. The van der Waals surface area contributed by atoms with Crippen LogP contribution >= 0.6 is 23.2 Å². The van der Waals surface area contributed by atoms with Crippen molar-refractivity contribution in [1.82, 2.24) is 10.6 Å². The van der Waals surface area contributed by atoms with E-state index in [-0.39, 0.29) is 45.8 Å². The van der Waals surface area contributed by atoms with E-state index < -0.39 is 46.4 Å². The quantitative estimate of drug-likeness (QED) is 0.0669. The molecule has 16 heteroatoms. The SMILES string of the molecule is CCCC(CC(NC)OC(=O)C(=O)OC(CC(CCC)Oc1cc(Cl)ccc1[N+](=O)[O-])NC)Oc1cc(Cl)ccc1[N+](=O)[O-]. The number of nitrogens with zero attached hydrogens (tertiary/aromatic N) is 2. The summed E-state index contributed by atoms with van der Waals surface area (Å²) in [5, 5.41) is 28.9. The van der Waals surface area contributed by atoms with Crippen molar-refractivity contribution in [3.05, 3.63) is 66.7 Å². The number of halogens is 2. The molecule has 242 valence electrons. The second kappa shape index (κ2) is 18.2. The van der Waals surface area contributed by atoms with Crippen LogP contribution in [-0.4, -0.2) is 60.5 Å². The molecule has 0 spiro atoms. The maximum absolute atomic E-state index is 12.7. The molecule has 0 saturated carbocycles. The summed E-state index contributed by atoms with van der Waals surface area (Å²) in [7, 11) is 3.01. The Kier molecular flexibility index (Phi) is 15.1. The number of carbonyl (C=O) groups is 2. The van der Waals surface area contributed by atoms with E-state index in [1.165, 1.54) is 50.5 Å². The van der Waals surface area contributed by atoms with Gasteiger partial charge in [0.1, 0.15) is 12.2 Å². The highest BCUT2D eigenvalue weighted by Gasteiger charge is 2.30. The minimum absolute atomic E-state index is 0.0367. The molecule has 0 fully saturated rings. The number of benzene rings is 2. The van der Waals surface area contributed by atoms with E-state index in [1.807, 2.05) is 13.8 Å². The molecular weight excluding hydrogens is 623 g/mol. The van der Waals surface area contributed by atoms with E-state index in [0.29, 0.717) is 25.7 Å². The van der Waals surface area contributed by atoms with E-state index in [0.717, 1.165) is 0 Å². The summed E-state index contributed by atoms with van der Waals surface area (Å²) in [6, 6.07) is 7.88. The number of hydrogen-bond donors (Lipinski definition) is 2. The van der Waals surface area contributed by atoms with Gasteiger partial charge in [-0.2, -0.15) is 0 Å². The predicted molar refractivity (Wildman–Crippen MR) is 162 cm³/mol. The van der Waals surface area contributed by atoms with Gasteiger partial charge in [-0.25, -0.2) is 9.59 Å². The molecule has 0 bridgehead atoms. The van der Waals surface area contributed by atoms with Crippen molar-refractivity contribution < 1.29 is 38.4 Å². The topological polar surface area (TPSA) is 181 Å². The second-order valence-electron chi connectivity index (χ2n) is 9.63. The van der Waals surface area contributed by atoms with E-state index in [9.17, 15) is 29.8 Å². The number of rotatable bonds is 18. The molecule has 4 unspecified atom stereocenters. The molecule has 0 saturated heterocycles. The van der Waals surface area contributed by atoms with Gasteiger partial charge in [0, 0.05) is 47.2 Å². The first-order chi connectivity index (χ1) is 20.9. The Labute approximate surface area is 264 Å². The highest BCUT2D eigenvalue weighted by atomic mass is 35.5. The lowest BCUT2D eigenvalue weighted by Gasteiger charge is -2.25. The van der Waals surface area contributed by atoms with Crippen LogP contribution in [0.1, 0.15) is 52.4 Å². The average Bonchev–Trinajstić information content (AvgIpc) is 2.96. The van der Waals surface area contributed by atoms with Gasteiger partial charge < -0.3 is 18.9 Å². The molecule has 0 aliphatic rings. The van der Waals surface area contributed by atoms with Crippen molar-refractivity contribution >= 4 is 46.5 Å². The zero-order chi connectivity index (χ0) is 32.8. The standard InChI is InChI=1S/C28H36Cl2N4O10/c1-5-7-19(41-23-13-17(29)9-11-21(23)33(37)38)15-25(31-3)43-27(35)28(36)44-26(32-4)16-20(8-6-2)42-24-14-18(30)10-12-22(24)34(39)40/h9-14,19-20,25-26,31-32H,5-8,15-16H2,1-4H3. The smallest absolute Gasteiger partial charge is 0.419 e. The molecule has 0 radical (unpaired) electrons. The predicted octanol–water partition coefficient (Wildman–Crippen LogP) is 5.56. The summed E-state index contributed by atoms with van der Waals surface area (Å²) in [4.78, 5) is 47.0. The zero-order valence-electron chi connectivity index (χ0n) is 24.7. The highest BCUT2D eigenvalue weighted by molar-refractivity contribution is 6.31. The maximum atomic E-state index is 12.7. The number of ether oxygens (including phenoxy) is 4. The van der Waals surface area contributed by atoms with E-state index in [4.69, 9.17) is 42.1 Å². The summed E-state index contributed by atoms with van der Waals surface area (Å²) >= 11 is 12.0. The first-order valence-electron chi connectivity index (χ1n) is 13.9. The van der Waals surface area contributed by atoms with Crippen molar-refractivity contribution in [2.45, 2.75) is 77.0 Å². The minimum Gasteiger partial charge on any atom is -0.483 e. The highest BCUT2D eigenvalue weighted by Crippen LogP contribution is 2.33. The molecule has 0 aromatic heterocycles. The molecule has 14 nitrogen and oxygen atoms in total. The van der Waals surface area contributed by atoms with Gasteiger partial charge in [-0.3, -0.25) is 30.9 Å². The van der Waals surface area contributed by atoms with Crippen LogP contribution in [-0.2, 0) is 19.1 Å². The maximum Gasteiger partial charge on any atom is 0.419 e. The third-order valence-corrected chi connectivity index (χ3v) is 6.78. The molecule has 0 aliphatic heterocycles. The molecule has 2 rings (SSSR count). The largest absolute Gasteiger partial charge is 0.483 e. The molecule has 4 atom stereocenters. The Morgan fingerprint density at radius 3 is 1.41 bits per heavy atom. The first-order valence-corrected chi connectivity index (χ1v) is 14.6. The molecule has 2 aromatic rings. The van der Waals surface area contributed by atoms with Crippen LogP contribution in [0.5, 0.6) is 11.5 Å². The first kappa shape index (κ1) is 36.5. The summed E-state index contributed by atoms with van der Waals surface area (Å²) in [6.45, 7) is 3.77. The van der Waals surface area contributed by atoms with Gasteiger partial charge in [0.15, 0.2) is 24.0 Å². The second-order valence-corrected chi connectivity index (χ2v) is 10.5. The summed E-state index contributed by atoms with van der Waals surface area (Å²) in [5.41, 5.74) is -0.545. The third-order valence-electron chi connectivity index (χ3n) is 6.31. The number of hydrogen-bond acceptors (Lipinski definition) is 12. The Morgan fingerprint density at radius 2 is 1.11 bits per heavy atom. The van der Waals surface area contributed by atoms with Crippen molar-refractivity contribution in [2.75, 3.05) is 14.1 Å². The van der Waals surface area contributed by atoms with Crippen LogP contribution < -0.4 is 20.1 Å². The van der Waals surface area contributed by atoms with Crippen LogP contribution in [0, 0.1) is 20.2 Å². The number of nitro benzene ring substituents is 2. The van der Waals surface area contributed by atoms with Crippen LogP contribution in [0.15, 0.2) is 36.4 Å². The zero-order valence-corrected chi connectivity index (χ0v) is 26.3. The Hall–Kier alpha value is -3.72. The minimum atomic E-state index is -1.29. The molecule has 0 amide bonds. The van der Waals surface area contributed by atoms with Gasteiger partial charge in [0.2, 0.25) is 0 Å². The Balaban J connectivity index is 2.07. The van der Waals surface area contributed by atoms with Crippen LogP contribution in [0.3, 0.4) is 0 Å². The molecule has 2 aromatic carbocycles. The summed E-state index contributed by atoms with van der Waals surface area (Å²) in [5.74, 6) is -2.64. The van der Waals surface area contributed by atoms with Crippen molar-refractivity contribution in [3.63, 3.8) is 0 Å². The average molecular weight is 660 g/mol. The lowest BCUT2D eigenvalue weighted by molar-refractivity contribution is -0.386. The number of carbonyl (C=O) groups excluding carboxylic acids is 2. The fraction of sp³-hybridized carbons (Fsp3) is 0.500. The molecule has 44 heavy (non-hydrogen) atoms. The fourth-order valence-electron chi connectivity index (χ4n) is 4.20. The Bertz CT molecular complexity index is 1200. The van der Waals surface area contributed by atoms with Gasteiger partial charge >= 0.3 is 23.3 Å². The van der Waals surface area contributed by atoms with Crippen molar-refractivity contribution in [1.29, 1.82) is 0 Å². The lowest BCUT2D eigenvalue weighted by Crippen LogP contribution is -2.41. The van der Waals surface area contributed by atoms with E-state index >= 15 is 0 Å². The number of nitro groups is 2. The van der Waals surface area contributed by atoms with E-state index in [2.05, 4.69) is 10.6 Å². The van der Waals surface area contributed by atoms with Gasteiger partial charge in [-0.15, -0.1) is 0 Å². The molecular formula is C28H36Cl2N4O10. The van der Waals surface area contributed by atoms with Crippen LogP contribution in [0.2, 0.25) is 10.0 Å². The normalized spacial score (nSPS) is 13.7. The number of nitrogens with one attached hydrogen (secondary N) is 2. The Morgan fingerprint density at radius 1 is 0.750 bits per heavy atom. The van der Waals surface area contributed by atoms with Crippen molar-refractivity contribution in [3.8, 4) is 11.5 Å². The third kappa shape index (κ3) is 11.4. The molecule has 0 aliphatic carbocycles. The van der Waals surface area contributed by atoms with Gasteiger partial charge in [-0.1, -0.05) is 49.9 Å². The number of esters is 2. The van der Waals surface area contributed by atoms with E-state index in [1.54, 1.807) is 0 Å². The van der Waals surface area contributed by atoms with Gasteiger partial charge in [0.05, 0.1) is 9.85 Å². The molecule has 2 N–H and O–H groups in total. The van der Waals surface area contributed by atoms with Gasteiger partial charge in [0.25, 0.3) is 0 Å². The molecule has 0 heterocycles. The summed E-state index contributed by atoms with van der Waals surface area (Å²) < 4.78 is 22.4. The summed E-state index contributed by atoms with van der Waals surface area (Å²) in [6.07, 6.45) is -0.971. The van der Waals surface area contributed by atoms with Gasteiger partial charge in [-0.05, 0) is 39.1 Å².